The van der Waals surface area contributed by atoms with E-state index in [9.17, 15) is 20.0 Å². The zero-order valence-corrected chi connectivity index (χ0v) is 18.8. The van der Waals surface area contributed by atoms with E-state index in [-0.39, 0.29) is 29.6 Å². The molecule has 2 aliphatic rings. The lowest BCUT2D eigenvalue weighted by atomic mass is 10.1. The van der Waals surface area contributed by atoms with E-state index in [0.717, 1.165) is 4.90 Å². The number of hydrogen-bond donors (Lipinski definition) is 1. The Labute approximate surface area is 198 Å². The normalized spacial score (nSPS) is 18.3. The number of rotatable bonds is 4. The zero-order valence-electron chi connectivity index (χ0n) is 18.0. The van der Waals surface area contributed by atoms with E-state index in [0.29, 0.717) is 46.6 Å². The van der Waals surface area contributed by atoms with Crippen molar-refractivity contribution in [3.63, 3.8) is 0 Å². The number of aromatic nitrogens is 3. The van der Waals surface area contributed by atoms with Crippen molar-refractivity contribution in [2.45, 2.75) is 23.4 Å². The molecule has 1 amide bonds. The zero-order chi connectivity index (χ0) is 23.4. The number of carbonyl (C=O) groups is 1. The molecule has 8 nitrogen and oxygen atoms in total. The van der Waals surface area contributed by atoms with Gasteiger partial charge in [0.05, 0.1) is 34.6 Å². The smallest absolute Gasteiger partial charge is 0.336 e. The molecular formula is C25H19N5O3S. The highest BCUT2D eigenvalue weighted by Gasteiger charge is 2.49. The average Bonchev–Trinajstić information content (AvgIpc) is 3.54. The number of thioether (sulfide) groups is 1. The summed E-state index contributed by atoms with van der Waals surface area (Å²) in [7, 11) is 0. The molecule has 0 aliphatic carbocycles. The summed E-state index contributed by atoms with van der Waals surface area (Å²) in [5, 5.41) is 21.2. The van der Waals surface area contributed by atoms with Crippen LogP contribution in [0, 0.1) is 11.3 Å². The molecule has 34 heavy (non-hydrogen) atoms. The Morgan fingerprint density at radius 1 is 1.18 bits per heavy atom. The lowest BCUT2D eigenvalue weighted by molar-refractivity contribution is -0.129. The van der Waals surface area contributed by atoms with Crippen LogP contribution in [-0.4, -0.2) is 42.3 Å². The Hall–Kier alpha value is -4.03. The van der Waals surface area contributed by atoms with Crippen LogP contribution in [-0.2, 0) is 4.79 Å². The first-order valence-electron chi connectivity index (χ1n) is 10.9. The van der Waals surface area contributed by atoms with Gasteiger partial charge >= 0.3 is 5.69 Å². The number of aromatic hydroxyl groups is 1. The molecule has 2 bridgehead atoms. The molecule has 9 heteroatoms. The fourth-order valence-electron chi connectivity index (χ4n) is 5.13. The van der Waals surface area contributed by atoms with Crippen LogP contribution in [0.4, 0.5) is 0 Å². The molecule has 0 saturated carbocycles. The van der Waals surface area contributed by atoms with Crippen molar-refractivity contribution in [2.24, 2.45) is 0 Å². The van der Waals surface area contributed by atoms with Crippen molar-refractivity contribution in [3.05, 3.63) is 82.5 Å². The van der Waals surface area contributed by atoms with Gasteiger partial charge in [0, 0.05) is 23.0 Å². The van der Waals surface area contributed by atoms with Crippen molar-refractivity contribution in [1.29, 1.82) is 5.26 Å². The SMILES string of the molecule is N#Cc1ccc(-n2c(O)c3n(c2=O)[C@@H]2CC3N(C(=O)CSc3ccccc3)C2)c2cccnc12. The predicted octanol–water partition coefficient (Wildman–Crippen LogP) is 3.38. The van der Waals surface area contributed by atoms with Crippen molar-refractivity contribution < 1.29 is 9.90 Å². The minimum absolute atomic E-state index is 0.0137. The molecule has 2 aromatic carbocycles. The van der Waals surface area contributed by atoms with E-state index in [1.165, 1.54) is 16.3 Å². The van der Waals surface area contributed by atoms with Gasteiger partial charge in [0.2, 0.25) is 11.8 Å². The Kier molecular flexibility index (Phi) is 4.71. The van der Waals surface area contributed by atoms with Gasteiger partial charge in [-0.15, -0.1) is 11.8 Å². The molecule has 4 aromatic rings. The number of imidazole rings is 1. The highest BCUT2D eigenvalue weighted by Crippen LogP contribution is 2.49. The summed E-state index contributed by atoms with van der Waals surface area (Å²) in [5.74, 6) is 0.117. The number of hydrogen-bond acceptors (Lipinski definition) is 6. The quantitative estimate of drug-likeness (QED) is 0.460. The first-order chi connectivity index (χ1) is 16.6. The minimum Gasteiger partial charge on any atom is -0.493 e. The van der Waals surface area contributed by atoms with Crippen LogP contribution >= 0.6 is 11.8 Å². The summed E-state index contributed by atoms with van der Waals surface area (Å²) in [5.41, 5.74) is 1.45. The van der Waals surface area contributed by atoms with Gasteiger partial charge in [-0.2, -0.15) is 5.26 Å². The molecule has 1 fully saturated rings. The summed E-state index contributed by atoms with van der Waals surface area (Å²) >= 11 is 1.48. The van der Waals surface area contributed by atoms with E-state index >= 15 is 0 Å². The topological polar surface area (TPSA) is 104 Å². The Morgan fingerprint density at radius 3 is 2.79 bits per heavy atom. The van der Waals surface area contributed by atoms with Crippen LogP contribution in [0.2, 0.25) is 0 Å². The maximum Gasteiger partial charge on any atom is 0.336 e. The molecule has 1 unspecified atom stereocenters. The minimum atomic E-state index is -0.347. The maximum atomic E-state index is 13.4. The lowest BCUT2D eigenvalue weighted by Gasteiger charge is -2.27. The van der Waals surface area contributed by atoms with Crippen LogP contribution in [0.25, 0.3) is 16.6 Å². The molecule has 0 radical (unpaired) electrons. The number of amides is 1. The second-order valence-corrected chi connectivity index (χ2v) is 9.44. The van der Waals surface area contributed by atoms with Crippen molar-refractivity contribution in [1.82, 2.24) is 19.0 Å². The largest absolute Gasteiger partial charge is 0.493 e. The van der Waals surface area contributed by atoms with Crippen molar-refractivity contribution in [2.75, 3.05) is 12.3 Å². The third kappa shape index (κ3) is 2.96. The van der Waals surface area contributed by atoms with E-state index in [2.05, 4.69) is 11.1 Å². The average molecular weight is 470 g/mol. The number of likely N-dealkylation sites (tertiary alicyclic amines) is 1. The number of benzene rings is 2. The Balaban J connectivity index is 1.37. The van der Waals surface area contributed by atoms with Crippen molar-refractivity contribution in [3.8, 4) is 17.6 Å². The van der Waals surface area contributed by atoms with Crippen molar-refractivity contribution >= 4 is 28.6 Å². The van der Waals surface area contributed by atoms with Crippen LogP contribution in [0.5, 0.6) is 5.88 Å². The lowest BCUT2D eigenvalue weighted by Crippen LogP contribution is -2.38. The Bertz CT molecular complexity index is 1550. The first-order valence-corrected chi connectivity index (χ1v) is 11.9. The van der Waals surface area contributed by atoms with Gasteiger partial charge < -0.3 is 10.0 Å². The highest BCUT2D eigenvalue weighted by atomic mass is 32.2. The van der Waals surface area contributed by atoms with Gasteiger partial charge in [-0.05, 0) is 42.8 Å². The monoisotopic (exact) mass is 469 g/mol. The molecule has 2 atom stereocenters. The van der Waals surface area contributed by atoms with Gasteiger partial charge in [0.25, 0.3) is 0 Å². The summed E-state index contributed by atoms with van der Waals surface area (Å²) in [6.07, 6.45) is 2.21. The second kappa shape index (κ2) is 7.78. The molecule has 2 aliphatic heterocycles. The van der Waals surface area contributed by atoms with E-state index in [1.54, 1.807) is 39.9 Å². The van der Waals surface area contributed by atoms with Crippen LogP contribution in [0.15, 0.2) is 70.5 Å². The number of pyridine rings is 1. The molecule has 4 heterocycles. The summed E-state index contributed by atoms with van der Waals surface area (Å²) in [4.78, 5) is 33.6. The second-order valence-electron chi connectivity index (χ2n) is 8.39. The number of nitriles is 1. The molecule has 168 valence electrons. The predicted molar refractivity (Wildman–Crippen MR) is 127 cm³/mol. The molecule has 1 N–H and O–H groups in total. The van der Waals surface area contributed by atoms with E-state index in [1.807, 2.05) is 30.3 Å². The molecule has 6 rings (SSSR count). The van der Waals surface area contributed by atoms with Gasteiger partial charge in [0.1, 0.15) is 11.8 Å². The fourth-order valence-corrected chi connectivity index (χ4v) is 5.93. The summed E-state index contributed by atoms with van der Waals surface area (Å²) in [6.45, 7) is 0.449. The first kappa shape index (κ1) is 20.6. The van der Waals surface area contributed by atoms with E-state index in [4.69, 9.17) is 0 Å². The van der Waals surface area contributed by atoms with Crippen LogP contribution in [0.1, 0.15) is 29.8 Å². The molecule has 1 saturated heterocycles. The van der Waals surface area contributed by atoms with Gasteiger partial charge in [-0.1, -0.05) is 18.2 Å². The molecule has 0 spiro atoms. The standard InChI is InChI=1S/C25H19N5O3S/c26-12-15-8-9-19(18-7-4-10-27-22(15)18)30-24(32)23-20-11-16(29(23)25(30)33)13-28(20)21(31)14-34-17-5-2-1-3-6-17/h1-10,16,20,32H,11,13-14H2/t16-,20?/m1/s1. The third-order valence-corrected chi connectivity index (χ3v) is 7.59. The highest BCUT2D eigenvalue weighted by molar-refractivity contribution is 8.00. The molecular weight excluding hydrogens is 450 g/mol. The van der Waals surface area contributed by atoms with Crippen LogP contribution < -0.4 is 5.69 Å². The van der Waals surface area contributed by atoms with Gasteiger partial charge in [0.15, 0.2) is 0 Å². The maximum absolute atomic E-state index is 13.4. The third-order valence-electron chi connectivity index (χ3n) is 6.59. The molecule has 2 aromatic heterocycles. The van der Waals surface area contributed by atoms with Gasteiger partial charge in [-0.25, -0.2) is 9.36 Å². The van der Waals surface area contributed by atoms with Crippen LogP contribution in [0.3, 0.4) is 0 Å². The fraction of sp³-hybridized carbons (Fsp3) is 0.200. The number of fused-ring (bicyclic) bond motifs is 6. The summed E-state index contributed by atoms with van der Waals surface area (Å²) < 4.78 is 2.89. The Morgan fingerprint density at radius 2 is 2.00 bits per heavy atom. The van der Waals surface area contributed by atoms with E-state index < -0.39 is 0 Å². The van der Waals surface area contributed by atoms with Gasteiger partial charge in [-0.3, -0.25) is 14.3 Å². The number of nitrogens with zero attached hydrogens (tertiary/aromatic N) is 5. The summed E-state index contributed by atoms with van der Waals surface area (Å²) in [6, 6.07) is 18.1. The number of carbonyl (C=O) groups excluding carboxylic acids is 1.